The fourth-order valence-electron chi connectivity index (χ4n) is 3.47. The average molecular weight is 394 g/mol. The van der Waals surface area contributed by atoms with E-state index in [1.807, 2.05) is 6.92 Å². The average Bonchev–Trinajstić information content (AvgIpc) is 3.05. The molecule has 0 saturated carbocycles. The largest absolute Gasteiger partial charge is 0.435 e. The number of nitrogens with zero attached hydrogens (tertiary/aromatic N) is 4. The predicted octanol–water partition coefficient (Wildman–Crippen LogP) is 3.42. The Morgan fingerprint density at radius 1 is 1.11 bits per heavy atom. The number of alkyl halides is 3. The zero-order valence-electron chi connectivity index (χ0n) is 16.3. The molecule has 1 unspecified atom stereocenters. The molecule has 5 nitrogen and oxygen atoms in total. The van der Waals surface area contributed by atoms with E-state index in [0.29, 0.717) is 18.8 Å². The summed E-state index contributed by atoms with van der Waals surface area (Å²) < 4.78 is 39.8. The molecule has 1 fully saturated rings. The van der Waals surface area contributed by atoms with Crippen LogP contribution in [-0.2, 0) is 17.5 Å². The molecule has 3 rings (SSSR count). The van der Waals surface area contributed by atoms with Crippen LogP contribution in [-0.4, -0.2) is 51.7 Å². The van der Waals surface area contributed by atoms with E-state index in [9.17, 15) is 18.0 Å². The molecule has 1 atom stereocenters. The van der Waals surface area contributed by atoms with Gasteiger partial charge in [0.05, 0.1) is 0 Å². The molecule has 0 bridgehead atoms. The summed E-state index contributed by atoms with van der Waals surface area (Å²) in [5, 5.41) is 3.61. The first-order valence-corrected chi connectivity index (χ1v) is 9.35. The Labute approximate surface area is 162 Å². The second-order valence-corrected chi connectivity index (χ2v) is 7.38. The SMILES string of the molecule is Cc1ccc(CN2CCN(C(=O)C(C)n3nc(C(F)(F)F)cc3C)CC2)cc1. The van der Waals surface area contributed by atoms with E-state index in [2.05, 4.69) is 34.3 Å². The van der Waals surface area contributed by atoms with Crippen molar-refractivity contribution >= 4 is 5.91 Å². The monoisotopic (exact) mass is 394 g/mol. The van der Waals surface area contributed by atoms with E-state index < -0.39 is 17.9 Å². The highest BCUT2D eigenvalue weighted by atomic mass is 19.4. The Balaban J connectivity index is 1.59. The molecule has 2 heterocycles. The van der Waals surface area contributed by atoms with Gasteiger partial charge in [-0.15, -0.1) is 0 Å². The molecule has 2 aromatic rings. The Morgan fingerprint density at radius 2 is 1.71 bits per heavy atom. The van der Waals surface area contributed by atoms with Gasteiger partial charge in [0.15, 0.2) is 5.69 Å². The number of hydrogen-bond donors (Lipinski definition) is 0. The molecular weight excluding hydrogens is 369 g/mol. The summed E-state index contributed by atoms with van der Waals surface area (Å²) in [4.78, 5) is 16.8. The number of halogens is 3. The summed E-state index contributed by atoms with van der Waals surface area (Å²) in [6.45, 7) is 8.59. The summed E-state index contributed by atoms with van der Waals surface area (Å²) in [6, 6.07) is 8.58. The number of aromatic nitrogens is 2. The van der Waals surface area contributed by atoms with Gasteiger partial charge in [-0.05, 0) is 32.4 Å². The van der Waals surface area contributed by atoms with Crippen LogP contribution in [0.25, 0.3) is 0 Å². The molecule has 0 N–H and O–H groups in total. The van der Waals surface area contributed by atoms with E-state index >= 15 is 0 Å². The predicted molar refractivity (Wildman–Crippen MR) is 99.7 cm³/mol. The number of aryl methyl sites for hydroxylation is 2. The Kier molecular flexibility index (Phi) is 5.79. The zero-order valence-corrected chi connectivity index (χ0v) is 16.3. The molecule has 1 aliphatic heterocycles. The Morgan fingerprint density at radius 3 is 2.25 bits per heavy atom. The maximum atomic E-state index is 12.9. The highest BCUT2D eigenvalue weighted by Gasteiger charge is 2.36. The first kappa shape index (κ1) is 20.4. The van der Waals surface area contributed by atoms with Crippen LogP contribution in [0.15, 0.2) is 30.3 Å². The van der Waals surface area contributed by atoms with Crippen LogP contribution in [0.4, 0.5) is 13.2 Å². The van der Waals surface area contributed by atoms with Crippen molar-refractivity contribution in [1.82, 2.24) is 19.6 Å². The van der Waals surface area contributed by atoms with E-state index in [4.69, 9.17) is 0 Å². The molecular formula is C20H25F3N4O. The fourth-order valence-corrected chi connectivity index (χ4v) is 3.47. The third kappa shape index (κ3) is 4.55. The molecule has 1 aromatic heterocycles. The number of piperazine rings is 1. The lowest BCUT2D eigenvalue weighted by atomic mass is 10.1. The van der Waals surface area contributed by atoms with Gasteiger partial charge in [-0.3, -0.25) is 14.4 Å². The number of rotatable bonds is 4. The van der Waals surface area contributed by atoms with Crippen molar-refractivity contribution in [2.75, 3.05) is 26.2 Å². The number of benzene rings is 1. The number of hydrogen-bond acceptors (Lipinski definition) is 3. The van der Waals surface area contributed by atoms with Crippen molar-refractivity contribution in [3.8, 4) is 0 Å². The lowest BCUT2D eigenvalue weighted by Gasteiger charge is -2.36. The van der Waals surface area contributed by atoms with Crippen LogP contribution in [0.5, 0.6) is 0 Å². The van der Waals surface area contributed by atoms with Gasteiger partial charge in [0.2, 0.25) is 5.91 Å². The van der Waals surface area contributed by atoms with Crippen molar-refractivity contribution in [2.24, 2.45) is 0 Å². The third-order valence-corrected chi connectivity index (χ3v) is 5.15. The zero-order chi connectivity index (χ0) is 20.5. The summed E-state index contributed by atoms with van der Waals surface area (Å²) in [6.07, 6.45) is -4.51. The van der Waals surface area contributed by atoms with Gasteiger partial charge in [0, 0.05) is 38.4 Å². The van der Waals surface area contributed by atoms with E-state index in [0.717, 1.165) is 25.7 Å². The Hall–Kier alpha value is -2.35. The van der Waals surface area contributed by atoms with E-state index in [-0.39, 0.29) is 5.91 Å². The van der Waals surface area contributed by atoms with Gasteiger partial charge in [0.1, 0.15) is 6.04 Å². The van der Waals surface area contributed by atoms with Crippen molar-refractivity contribution in [2.45, 2.75) is 39.5 Å². The molecule has 1 saturated heterocycles. The van der Waals surface area contributed by atoms with Crippen LogP contribution in [0.2, 0.25) is 0 Å². The molecule has 1 amide bonds. The van der Waals surface area contributed by atoms with Crippen molar-refractivity contribution in [3.63, 3.8) is 0 Å². The Bertz CT molecular complexity index is 821. The highest BCUT2D eigenvalue weighted by molar-refractivity contribution is 5.80. The summed E-state index contributed by atoms with van der Waals surface area (Å²) in [7, 11) is 0. The quantitative estimate of drug-likeness (QED) is 0.798. The molecule has 0 aliphatic carbocycles. The van der Waals surface area contributed by atoms with Gasteiger partial charge < -0.3 is 4.90 Å². The molecule has 152 valence electrons. The second-order valence-electron chi connectivity index (χ2n) is 7.38. The van der Waals surface area contributed by atoms with Crippen LogP contribution in [0.3, 0.4) is 0 Å². The summed E-state index contributed by atoms with van der Waals surface area (Å²) in [5.74, 6) is -0.199. The molecule has 1 aromatic carbocycles. The minimum absolute atomic E-state index is 0.199. The number of amides is 1. The molecule has 0 spiro atoms. The van der Waals surface area contributed by atoms with Crippen molar-refractivity contribution in [3.05, 3.63) is 52.8 Å². The smallest absolute Gasteiger partial charge is 0.338 e. The van der Waals surface area contributed by atoms with Crippen LogP contribution in [0, 0.1) is 13.8 Å². The van der Waals surface area contributed by atoms with E-state index in [1.54, 1.807) is 11.8 Å². The van der Waals surface area contributed by atoms with Gasteiger partial charge in [-0.2, -0.15) is 18.3 Å². The summed E-state index contributed by atoms with van der Waals surface area (Å²) in [5.41, 5.74) is 1.81. The molecule has 28 heavy (non-hydrogen) atoms. The standard InChI is InChI=1S/C20H25F3N4O/c1-14-4-6-17(7-5-14)13-25-8-10-26(11-9-25)19(28)16(3)27-15(2)12-18(24-27)20(21,22)23/h4-7,12,16H,8-11,13H2,1-3H3. The first-order chi connectivity index (χ1) is 13.1. The van der Waals surface area contributed by atoms with E-state index in [1.165, 1.54) is 22.7 Å². The first-order valence-electron chi connectivity index (χ1n) is 9.35. The maximum absolute atomic E-state index is 12.9. The third-order valence-electron chi connectivity index (χ3n) is 5.15. The van der Waals surface area contributed by atoms with Crippen LogP contribution >= 0.6 is 0 Å². The topological polar surface area (TPSA) is 41.4 Å². The van der Waals surface area contributed by atoms with Crippen molar-refractivity contribution in [1.29, 1.82) is 0 Å². The number of carbonyl (C=O) groups is 1. The lowest BCUT2D eigenvalue weighted by molar-refractivity contribution is -0.143. The molecule has 0 radical (unpaired) electrons. The normalized spacial score (nSPS) is 17.0. The number of carbonyl (C=O) groups excluding carboxylic acids is 1. The van der Waals surface area contributed by atoms with Gasteiger partial charge in [-0.25, -0.2) is 0 Å². The summed E-state index contributed by atoms with van der Waals surface area (Å²) >= 11 is 0. The van der Waals surface area contributed by atoms with Gasteiger partial charge >= 0.3 is 6.18 Å². The lowest BCUT2D eigenvalue weighted by Crippen LogP contribution is -2.50. The van der Waals surface area contributed by atoms with Crippen molar-refractivity contribution < 1.29 is 18.0 Å². The second kappa shape index (κ2) is 7.95. The highest BCUT2D eigenvalue weighted by Crippen LogP contribution is 2.29. The van der Waals surface area contributed by atoms with Crippen LogP contribution in [0.1, 0.15) is 35.5 Å². The minimum atomic E-state index is -4.51. The van der Waals surface area contributed by atoms with Gasteiger partial charge in [0.25, 0.3) is 0 Å². The van der Waals surface area contributed by atoms with Crippen LogP contribution < -0.4 is 0 Å². The molecule has 8 heteroatoms. The minimum Gasteiger partial charge on any atom is -0.338 e. The maximum Gasteiger partial charge on any atom is 0.435 e. The van der Waals surface area contributed by atoms with Gasteiger partial charge in [-0.1, -0.05) is 29.8 Å². The molecule has 1 aliphatic rings. The fraction of sp³-hybridized carbons (Fsp3) is 0.500.